The number of aromatic nitrogens is 1. The van der Waals surface area contributed by atoms with E-state index in [2.05, 4.69) is 10.3 Å². The third-order valence-corrected chi connectivity index (χ3v) is 6.47. The van der Waals surface area contributed by atoms with E-state index in [-0.39, 0.29) is 28.8 Å². The van der Waals surface area contributed by atoms with Gasteiger partial charge in [-0.3, -0.25) is 9.59 Å². The summed E-state index contributed by atoms with van der Waals surface area (Å²) in [6, 6.07) is 9.62. The van der Waals surface area contributed by atoms with Crippen LogP contribution >= 0.6 is 0 Å². The lowest BCUT2D eigenvalue weighted by molar-refractivity contribution is -0.129. The van der Waals surface area contributed by atoms with Crippen molar-refractivity contribution in [2.24, 2.45) is 5.14 Å². The highest BCUT2D eigenvalue weighted by molar-refractivity contribution is 7.89. The van der Waals surface area contributed by atoms with Crippen molar-refractivity contribution >= 4 is 27.7 Å². The molecule has 1 aliphatic rings. The molecule has 3 rings (SSSR count). The molecule has 31 heavy (non-hydrogen) atoms. The molecular formula is C21H27N5O4S. The van der Waals surface area contributed by atoms with Crippen molar-refractivity contribution < 1.29 is 18.0 Å². The second-order valence-electron chi connectivity index (χ2n) is 7.74. The smallest absolute Gasteiger partial charge is 0.255 e. The highest BCUT2D eigenvalue weighted by Crippen LogP contribution is 2.22. The van der Waals surface area contributed by atoms with E-state index in [1.807, 2.05) is 6.92 Å². The second kappa shape index (κ2) is 9.03. The van der Waals surface area contributed by atoms with Crippen LogP contribution in [0.25, 0.3) is 0 Å². The van der Waals surface area contributed by atoms with E-state index < -0.39 is 10.0 Å². The van der Waals surface area contributed by atoms with Crippen molar-refractivity contribution in [2.75, 3.05) is 25.5 Å². The number of hydrogen-bond donors (Lipinski definition) is 2. The molecule has 2 aromatic rings. The first-order chi connectivity index (χ1) is 14.6. The quantitative estimate of drug-likeness (QED) is 0.696. The summed E-state index contributed by atoms with van der Waals surface area (Å²) in [5.74, 6) is 0.424. The number of primary sulfonamides is 1. The van der Waals surface area contributed by atoms with Gasteiger partial charge in [0.1, 0.15) is 5.82 Å². The third-order valence-electron chi connectivity index (χ3n) is 5.56. The van der Waals surface area contributed by atoms with Gasteiger partial charge in [-0.15, -0.1) is 0 Å². The summed E-state index contributed by atoms with van der Waals surface area (Å²) in [7, 11) is -2.02. The molecule has 0 bridgehead atoms. The number of amides is 2. The van der Waals surface area contributed by atoms with Crippen LogP contribution in [0.1, 0.15) is 42.2 Å². The average molecular weight is 446 g/mol. The molecule has 1 saturated heterocycles. The van der Waals surface area contributed by atoms with Gasteiger partial charge in [-0.1, -0.05) is 12.1 Å². The van der Waals surface area contributed by atoms with Crippen molar-refractivity contribution in [3.05, 3.63) is 53.7 Å². The van der Waals surface area contributed by atoms with Crippen LogP contribution in [0, 0.1) is 0 Å². The molecule has 0 saturated carbocycles. The summed E-state index contributed by atoms with van der Waals surface area (Å²) in [4.78, 5) is 32.1. The number of nitrogens with zero attached hydrogens (tertiary/aromatic N) is 3. The molecule has 1 aliphatic heterocycles. The number of carbonyl (C=O) groups excluding carboxylic acids is 2. The molecular weight excluding hydrogens is 418 g/mol. The number of rotatable bonds is 6. The maximum Gasteiger partial charge on any atom is 0.255 e. The van der Waals surface area contributed by atoms with Crippen molar-refractivity contribution in [1.29, 1.82) is 0 Å². The Morgan fingerprint density at radius 3 is 2.65 bits per heavy atom. The van der Waals surface area contributed by atoms with Crippen molar-refractivity contribution in [3.63, 3.8) is 0 Å². The summed E-state index contributed by atoms with van der Waals surface area (Å²) in [5.41, 5.74) is 1.21. The highest BCUT2D eigenvalue weighted by Gasteiger charge is 2.30. The minimum Gasteiger partial charge on any atom is -0.364 e. The first kappa shape index (κ1) is 22.7. The fourth-order valence-corrected chi connectivity index (χ4v) is 4.12. The van der Waals surface area contributed by atoms with Crippen LogP contribution in [0.2, 0.25) is 0 Å². The molecule has 166 valence electrons. The van der Waals surface area contributed by atoms with E-state index in [4.69, 9.17) is 5.14 Å². The van der Waals surface area contributed by atoms with Crippen molar-refractivity contribution in [2.45, 2.75) is 37.2 Å². The van der Waals surface area contributed by atoms with E-state index in [1.54, 1.807) is 41.1 Å². The van der Waals surface area contributed by atoms with Gasteiger partial charge in [0.05, 0.1) is 16.5 Å². The number of hydrogen-bond acceptors (Lipinski definition) is 6. The Hall–Kier alpha value is -2.98. The Balaban J connectivity index is 1.64. The van der Waals surface area contributed by atoms with Gasteiger partial charge >= 0.3 is 0 Å². The van der Waals surface area contributed by atoms with Crippen LogP contribution in [-0.4, -0.2) is 61.2 Å². The number of pyridine rings is 1. The molecule has 2 amide bonds. The first-order valence-corrected chi connectivity index (χ1v) is 11.5. The summed E-state index contributed by atoms with van der Waals surface area (Å²) < 4.78 is 23.1. The number of carbonyl (C=O) groups is 2. The first-order valence-electron chi connectivity index (χ1n) is 9.94. The molecule has 1 fully saturated rings. The number of anilines is 1. The standard InChI is InChI=1S/C21H27N5O4S/c1-14(16-5-4-6-19(11-16)31(22,29)30)24-20-8-7-17(12-23-20)21(28)26-10-9-18(13-26)25(3)15(2)27/h4-8,11-12,14,18H,9-10,13H2,1-3H3,(H,23,24)(H2,22,29,30)/t14?,18-/m0/s1. The van der Waals surface area contributed by atoms with E-state index in [9.17, 15) is 18.0 Å². The Kier molecular flexibility index (Phi) is 6.61. The normalized spacial score (nSPS) is 17.3. The zero-order valence-corrected chi connectivity index (χ0v) is 18.6. The van der Waals surface area contributed by atoms with Gasteiger partial charge in [-0.2, -0.15) is 0 Å². The second-order valence-corrected chi connectivity index (χ2v) is 9.30. The van der Waals surface area contributed by atoms with Crippen molar-refractivity contribution in [3.8, 4) is 0 Å². The molecule has 1 aromatic carbocycles. The third kappa shape index (κ3) is 5.39. The molecule has 1 unspecified atom stereocenters. The number of likely N-dealkylation sites (N-methyl/N-ethyl adjacent to an activating group) is 1. The Morgan fingerprint density at radius 1 is 1.29 bits per heavy atom. The van der Waals surface area contributed by atoms with Gasteiger partial charge in [0.25, 0.3) is 5.91 Å². The fourth-order valence-electron chi connectivity index (χ4n) is 3.55. The molecule has 0 spiro atoms. The minimum atomic E-state index is -3.78. The lowest BCUT2D eigenvalue weighted by Crippen LogP contribution is -2.38. The van der Waals surface area contributed by atoms with E-state index in [0.29, 0.717) is 24.5 Å². The molecule has 10 heteroatoms. The Morgan fingerprint density at radius 2 is 2.03 bits per heavy atom. The maximum atomic E-state index is 12.8. The zero-order valence-electron chi connectivity index (χ0n) is 17.8. The number of nitrogens with two attached hydrogens (primary N) is 1. The van der Waals surface area contributed by atoms with Gasteiger partial charge in [0, 0.05) is 39.3 Å². The van der Waals surface area contributed by atoms with Crippen LogP contribution in [0.15, 0.2) is 47.5 Å². The van der Waals surface area contributed by atoms with Crippen LogP contribution in [-0.2, 0) is 14.8 Å². The SMILES string of the molecule is CC(=O)N(C)[C@H]1CCN(C(=O)c2ccc(NC(C)c3cccc(S(N)(=O)=O)c3)nc2)C1. The van der Waals surface area contributed by atoms with Gasteiger partial charge < -0.3 is 15.1 Å². The lowest BCUT2D eigenvalue weighted by Gasteiger charge is -2.23. The van der Waals surface area contributed by atoms with Gasteiger partial charge in [0.15, 0.2) is 0 Å². The van der Waals surface area contributed by atoms with Crippen LogP contribution in [0.5, 0.6) is 0 Å². The van der Waals surface area contributed by atoms with Crippen LogP contribution < -0.4 is 10.5 Å². The van der Waals surface area contributed by atoms with Crippen molar-refractivity contribution in [1.82, 2.24) is 14.8 Å². The molecule has 2 atom stereocenters. The minimum absolute atomic E-state index is 0.0138. The Labute approximate surface area is 182 Å². The van der Waals surface area contributed by atoms with E-state index in [1.165, 1.54) is 25.3 Å². The topological polar surface area (TPSA) is 126 Å². The van der Waals surface area contributed by atoms with Gasteiger partial charge in [0.2, 0.25) is 15.9 Å². The number of sulfonamides is 1. The summed E-state index contributed by atoms with van der Waals surface area (Å²) in [6.07, 6.45) is 2.27. The summed E-state index contributed by atoms with van der Waals surface area (Å²) in [6.45, 7) is 4.50. The zero-order chi connectivity index (χ0) is 22.8. The average Bonchev–Trinajstić information content (AvgIpc) is 3.22. The number of nitrogens with one attached hydrogen (secondary N) is 1. The van der Waals surface area contributed by atoms with Gasteiger partial charge in [-0.05, 0) is 43.2 Å². The van der Waals surface area contributed by atoms with Crippen LogP contribution in [0.4, 0.5) is 5.82 Å². The maximum absolute atomic E-state index is 12.8. The molecule has 9 nitrogen and oxygen atoms in total. The predicted octanol–water partition coefficient (Wildman–Crippen LogP) is 1.59. The molecule has 2 heterocycles. The van der Waals surface area contributed by atoms with E-state index in [0.717, 1.165) is 12.0 Å². The fraction of sp³-hybridized carbons (Fsp3) is 0.381. The highest BCUT2D eigenvalue weighted by atomic mass is 32.2. The number of likely N-dealkylation sites (tertiary alicyclic amines) is 1. The largest absolute Gasteiger partial charge is 0.364 e. The summed E-state index contributed by atoms with van der Waals surface area (Å²) in [5, 5.41) is 8.39. The van der Waals surface area contributed by atoms with E-state index >= 15 is 0 Å². The number of benzene rings is 1. The lowest BCUT2D eigenvalue weighted by atomic mass is 10.1. The molecule has 0 aliphatic carbocycles. The summed E-state index contributed by atoms with van der Waals surface area (Å²) >= 11 is 0. The van der Waals surface area contributed by atoms with Gasteiger partial charge in [-0.25, -0.2) is 18.5 Å². The predicted molar refractivity (Wildman–Crippen MR) is 117 cm³/mol. The monoisotopic (exact) mass is 445 g/mol. The Bertz CT molecular complexity index is 1070. The molecule has 1 aromatic heterocycles. The molecule has 0 radical (unpaired) electrons. The molecule has 3 N–H and O–H groups in total. The van der Waals surface area contributed by atoms with Crippen LogP contribution in [0.3, 0.4) is 0 Å².